The molecule has 5 aromatic rings. The summed E-state index contributed by atoms with van der Waals surface area (Å²) in [5, 5.41) is 3.91. The Morgan fingerprint density at radius 3 is 2.09 bits per heavy atom. The Hall–Kier alpha value is -3.32. The summed E-state index contributed by atoms with van der Waals surface area (Å²) in [5.74, 6) is 0. The minimum absolute atomic E-state index is 0.192. The molecule has 1 aliphatic rings. The molecule has 1 aliphatic carbocycles. The first-order valence-corrected chi connectivity index (χ1v) is 12.1. The molecule has 0 saturated carbocycles. The number of nitrogens with zero attached hydrogens (tertiary/aromatic N) is 1. The summed E-state index contributed by atoms with van der Waals surface area (Å²) in [5.41, 5.74) is 8.45. The number of hydrogen-bond donors (Lipinski definition) is 0. The molecule has 1 heteroatoms. The molecule has 6 rings (SSSR count). The first kappa shape index (κ1) is 20.3. The quantitative estimate of drug-likeness (QED) is 0.264. The normalized spacial score (nSPS) is 16.7. The second-order valence-electron chi connectivity index (χ2n) is 10.9. The van der Waals surface area contributed by atoms with Crippen LogP contribution >= 0.6 is 0 Å². The lowest BCUT2D eigenvalue weighted by atomic mass is 9.63. The van der Waals surface area contributed by atoms with Crippen molar-refractivity contribution in [3.63, 3.8) is 0 Å². The number of para-hydroxylation sites is 1. The summed E-state index contributed by atoms with van der Waals surface area (Å²) >= 11 is 0. The standard InChI is InChI=1S/C32H31N/c1-31(2)18-19-32(3,4)28-20-23(14-16-27(28)31)30-21-26-25-13-9-8-10-22(25)15-17-29(26)33(30)24-11-6-5-7-12-24/h5-17,20-21H,18-19H2,1-4H3. The van der Waals surface area contributed by atoms with Gasteiger partial charge in [-0.3, -0.25) is 0 Å². The van der Waals surface area contributed by atoms with Crippen LogP contribution in [0, 0.1) is 0 Å². The fourth-order valence-corrected chi connectivity index (χ4v) is 5.78. The highest BCUT2D eigenvalue weighted by atomic mass is 15.0. The lowest BCUT2D eigenvalue weighted by molar-refractivity contribution is 0.332. The van der Waals surface area contributed by atoms with Gasteiger partial charge in [0.1, 0.15) is 0 Å². The van der Waals surface area contributed by atoms with Crippen LogP contribution in [0.2, 0.25) is 0 Å². The minimum Gasteiger partial charge on any atom is -0.309 e. The van der Waals surface area contributed by atoms with Gasteiger partial charge in [0.2, 0.25) is 0 Å². The lowest BCUT2D eigenvalue weighted by Gasteiger charge is -2.42. The smallest absolute Gasteiger partial charge is 0.0541 e. The molecular weight excluding hydrogens is 398 g/mol. The molecule has 0 N–H and O–H groups in total. The van der Waals surface area contributed by atoms with Crippen LogP contribution < -0.4 is 0 Å². The van der Waals surface area contributed by atoms with Gasteiger partial charge in [0.05, 0.1) is 11.2 Å². The third kappa shape index (κ3) is 3.14. The highest BCUT2D eigenvalue weighted by Crippen LogP contribution is 2.47. The Morgan fingerprint density at radius 1 is 0.606 bits per heavy atom. The number of rotatable bonds is 2. The summed E-state index contributed by atoms with van der Waals surface area (Å²) in [6.45, 7) is 9.61. The highest BCUT2D eigenvalue weighted by molar-refractivity contribution is 6.09. The fraction of sp³-hybridized carbons (Fsp3) is 0.250. The molecule has 0 radical (unpaired) electrons. The maximum Gasteiger partial charge on any atom is 0.0541 e. The van der Waals surface area contributed by atoms with Crippen molar-refractivity contribution < 1.29 is 0 Å². The fourth-order valence-electron chi connectivity index (χ4n) is 5.78. The van der Waals surface area contributed by atoms with E-state index in [0.717, 1.165) is 0 Å². The van der Waals surface area contributed by atoms with Crippen molar-refractivity contribution in [3.05, 3.63) is 102 Å². The van der Waals surface area contributed by atoms with Crippen LogP contribution in [0.4, 0.5) is 0 Å². The molecule has 0 unspecified atom stereocenters. The predicted octanol–water partition coefficient (Wildman–Crippen LogP) is 8.80. The van der Waals surface area contributed by atoms with Gasteiger partial charge < -0.3 is 4.57 Å². The number of hydrogen-bond acceptors (Lipinski definition) is 0. The molecule has 1 heterocycles. The van der Waals surface area contributed by atoms with E-state index in [1.807, 2.05) is 0 Å². The van der Waals surface area contributed by atoms with E-state index >= 15 is 0 Å². The largest absolute Gasteiger partial charge is 0.309 e. The van der Waals surface area contributed by atoms with Gasteiger partial charge >= 0.3 is 0 Å². The first-order chi connectivity index (χ1) is 15.9. The summed E-state index contributed by atoms with van der Waals surface area (Å²) < 4.78 is 2.43. The SMILES string of the molecule is CC1(C)CCC(C)(C)c2cc(-c3cc4c5ccccc5ccc4n3-c3ccccc3)ccc21. The van der Waals surface area contributed by atoms with Crippen molar-refractivity contribution >= 4 is 21.7 Å². The van der Waals surface area contributed by atoms with Gasteiger partial charge in [0.25, 0.3) is 0 Å². The van der Waals surface area contributed by atoms with E-state index in [1.54, 1.807) is 0 Å². The van der Waals surface area contributed by atoms with Crippen molar-refractivity contribution in [1.29, 1.82) is 0 Å². The molecule has 0 aliphatic heterocycles. The van der Waals surface area contributed by atoms with Crippen LogP contribution in [0.1, 0.15) is 51.7 Å². The summed E-state index contributed by atoms with van der Waals surface area (Å²) in [6.07, 6.45) is 2.46. The molecule has 0 saturated heterocycles. The second-order valence-corrected chi connectivity index (χ2v) is 10.9. The average molecular weight is 430 g/mol. The van der Waals surface area contributed by atoms with Crippen LogP contribution in [0.5, 0.6) is 0 Å². The summed E-state index contributed by atoms with van der Waals surface area (Å²) in [7, 11) is 0. The molecule has 0 fully saturated rings. The van der Waals surface area contributed by atoms with Gasteiger partial charge in [0, 0.05) is 11.1 Å². The topological polar surface area (TPSA) is 4.93 Å². The molecule has 33 heavy (non-hydrogen) atoms. The zero-order valence-electron chi connectivity index (χ0n) is 20.0. The minimum atomic E-state index is 0.192. The maximum atomic E-state index is 2.48. The van der Waals surface area contributed by atoms with Crippen LogP contribution in [0.3, 0.4) is 0 Å². The predicted molar refractivity (Wildman–Crippen MR) is 142 cm³/mol. The van der Waals surface area contributed by atoms with Gasteiger partial charge in [-0.1, -0.05) is 88.4 Å². The van der Waals surface area contributed by atoms with Gasteiger partial charge in [-0.2, -0.15) is 0 Å². The van der Waals surface area contributed by atoms with E-state index in [2.05, 4.69) is 123 Å². The van der Waals surface area contributed by atoms with Crippen LogP contribution in [0.15, 0.2) is 91.0 Å². The van der Waals surface area contributed by atoms with Crippen molar-refractivity contribution in [2.75, 3.05) is 0 Å². The second kappa shape index (κ2) is 7.09. The summed E-state index contributed by atoms with van der Waals surface area (Å²) in [6, 6.07) is 33.6. The Labute approximate surface area is 196 Å². The Kier molecular flexibility index (Phi) is 4.36. The summed E-state index contributed by atoms with van der Waals surface area (Å²) in [4.78, 5) is 0. The van der Waals surface area contributed by atoms with Crippen molar-refractivity contribution in [3.8, 4) is 16.9 Å². The third-order valence-corrected chi connectivity index (χ3v) is 7.87. The third-order valence-electron chi connectivity index (χ3n) is 7.87. The van der Waals surface area contributed by atoms with E-state index in [0.29, 0.717) is 0 Å². The zero-order valence-corrected chi connectivity index (χ0v) is 20.0. The van der Waals surface area contributed by atoms with Crippen LogP contribution in [-0.2, 0) is 10.8 Å². The van der Waals surface area contributed by atoms with E-state index in [4.69, 9.17) is 0 Å². The molecule has 1 aromatic heterocycles. The van der Waals surface area contributed by atoms with Gasteiger partial charge in [-0.25, -0.2) is 0 Å². The molecule has 0 spiro atoms. The molecular formula is C32H31N. The van der Waals surface area contributed by atoms with E-state index in [1.165, 1.54) is 62.6 Å². The van der Waals surface area contributed by atoms with E-state index in [-0.39, 0.29) is 10.8 Å². The number of aromatic nitrogens is 1. The Bertz CT molecular complexity index is 1500. The molecule has 1 nitrogen and oxygen atoms in total. The van der Waals surface area contributed by atoms with Crippen molar-refractivity contribution in [1.82, 2.24) is 4.57 Å². The van der Waals surface area contributed by atoms with Crippen molar-refractivity contribution in [2.24, 2.45) is 0 Å². The van der Waals surface area contributed by atoms with Crippen LogP contribution in [-0.4, -0.2) is 4.57 Å². The molecule has 0 atom stereocenters. The zero-order chi connectivity index (χ0) is 22.8. The van der Waals surface area contributed by atoms with E-state index in [9.17, 15) is 0 Å². The van der Waals surface area contributed by atoms with Gasteiger partial charge in [-0.15, -0.1) is 0 Å². The Morgan fingerprint density at radius 2 is 1.30 bits per heavy atom. The van der Waals surface area contributed by atoms with Crippen LogP contribution in [0.25, 0.3) is 38.6 Å². The number of benzene rings is 4. The number of fused-ring (bicyclic) bond motifs is 4. The maximum absolute atomic E-state index is 2.48. The molecule has 4 aromatic carbocycles. The molecule has 0 amide bonds. The van der Waals surface area contributed by atoms with Gasteiger partial charge in [0.15, 0.2) is 0 Å². The van der Waals surface area contributed by atoms with E-state index < -0.39 is 0 Å². The lowest BCUT2D eigenvalue weighted by Crippen LogP contribution is -2.33. The van der Waals surface area contributed by atoms with Gasteiger partial charge in [-0.05, 0) is 81.5 Å². The van der Waals surface area contributed by atoms with Crippen molar-refractivity contribution in [2.45, 2.75) is 51.4 Å². The molecule has 164 valence electrons. The first-order valence-electron chi connectivity index (χ1n) is 12.1. The monoisotopic (exact) mass is 429 g/mol. The average Bonchev–Trinajstić information content (AvgIpc) is 3.23. The molecule has 0 bridgehead atoms. The Balaban J connectivity index is 1.67. The highest BCUT2D eigenvalue weighted by Gasteiger charge is 2.37.